The summed E-state index contributed by atoms with van der Waals surface area (Å²) in [7, 11) is 0. The Balaban J connectivity index is 0.000000216. The van der Waals surface area contributed by atoms with Crippen molar-refractivity contribution in [3.63, 3.8) is 0 Å². The van der Waals surface area contributed by atoms with Crippen LogP contribution in [0.15, 0.2) is 12.2 Å². The molecule has 14 heteroatoms. The summed E-state index contributed by atoms with van der Waals surface area (Å²) in [6.45, 7) is 51.5. The summed E-state index contributed by atoms with van der Waals surface area (Å²) in [4.78, 5) is 20.6. The van der Waals surface area contributed by atoms with E-state index in [0.717, 1.165) is 127 Å². The predicted molar refractivity (Wildman–Crippen MR) is 372 cm³/mol. The molecule has 18 unspecified atom stereocenters. The van der Waals surface area contributed by atoms with Gasteiger partial charge in [0.2, 0.25) is 0 Å². The molecule has 8 fully saturated rings. The highest BCUT2D eigenvalue weighted by Crippen LogP contribution is 2.39. The van der Waals surface area contributed by atoms with Gasteiger partial charge >= 0.3 is 0 Å². The standard InChI is InChI=1S/C21H39NO2.C19H37NO2.C18H33NO3.C17H33NO2S/c1-14(2)20-8-7-15(3)9-21(20)24-13-19(23)12-22-10-16(4)18(6)17(5)11-22;1-14(2)18-6-5-16(4)11-19(18)22-13-17(21)12-20-9-7-15(3)8-10-20;1-13(2)17-5-4-14(3)10-18(17)22-12-16(21)11-19-8-6-15(20)7-9-19;1-13(2)16-5-4-14(3)10-17(16)20-12-15(19)11-18-6-8-21-9-7-18/h14-17,19-21,23H,6-13H2,1-5H3;14-19,21H,5-13H2,1-4H3;13-14,16-18,21H,4-12H2,1-3H3;13-17,19H,4-12H2,1-3H3. The van der Waals surface area contributed by atoms with E-state index >= 15 is 0 Å². The number of Topliss-reactive ketones (excluding diaryl/α,β-unsaturated/α-hetero) is 1. The quantitative estimate of drug-likeness (QED) is 0.0680. The second-order valence-corrected chi connectivity index (χ2v) is 33.5. The van der Waals surface area contributed by atoms with Crippen LogP contribution in [0.4, 0.5) is 0 Å². The monoisotopic (exact) mass is 1280 g/mol. The van der Waals surface area contributed by atoms with Gasteiger partial charge in [-0.15, -0.1) is 0 Å². The Bertz CT molecular complexity index is 1880. The van der Waals surface area contributed by atoms with Gasteiger partial charge in [0.15, 0.2) is 0 Å². The third kappa shape index (κ3) is 29.3. The van der Waals surface area contributed by atoms with Crippen molar-refractivity contribution in [1.82, 2.24) is 19.6 Å². The van der Waals surface area contributed by atoms with E-state index in [4.69, 9.17) is 18.9 Å². The Kier molecular flexibility index (Phi) is 36.7. The number of aliphatic hydroxyl groups is 4. The number of carbonyl (C=O) groups excluding carboxylic acids is 1. The van der Waals surface area contributed by atoms with Crippen molar-refractivity contribution in [3.8, 4) is 0 Å². The van der Waals surface area contributed by atoms with Crippen LogP contribution < -0.4 is 0 Å². The first-order chi connectivity index (χ1) is 42.2. The van der Waals surface area contributed by atoms with Gasteiger partial charge in [-0.05, 0) is 166 Å². The van der Waals surface area contributed by atoms with Crippen molar-refractivity contribution in [3.05, 3.63) is 12.2 Å². The molecule has 0 aromatic heterocycles. The molecule has 8 aliphatic rings. The number of carbonyl (C=O) groups is 1. The number of piperidine rings is 3. The van der Waals surface area contributed by atoms with E-state index in [1.165, 1.54) is 81.3 Å². The molecule has 0 bridgehead atoms. The maximum absolute atomic E-state index is 11.2. The lowest BCUT2D eigenvalue weighted by Crippen LogP contribution is -2.45. The molecule has 522 valence electrons. The number of hydrogen-bond acceptors (Lipinski definition) is 14. The van der Waals surface area contributed by atoms with Gasteiger partial charge in [0, 0.05) is 89.8 Å². The lowest BCUT2D eigenvalue weighted by molar-refractivity contribution is -0.122. The summed E-state index contributed by atoms with van der Waals surface area (Å²) in [5, 5.41) is 41.3. The Morgan fingerprint density at radius 3 is 0.989 bits per heavy atom. The molecule has 0 radical (unpaired) electrons. The van der Waals surface area contributed by atoms with Gasteiger partial charge in [-0.3, -0.25) is 19.5 Å². The van der Waals surface area contributed by atoms with E-state index in [2.05, 4.69) is 130 Å². The lowest BCUT2D eigenvalue weighted by atomic mass is 9.75. The van der Waals surface area contributed by atoms with Gasteiger partial charge in [0.05, 0.1) is 75.3 Å². The number of ketones is 1. The van der Waals surface area contributed by atoms with Crippen LogP contribution in [0.25, 0.3) is 0 Å². The molecule has 4 heterocycles. The van der Waals surface area contributed by atoms with Gasteiger partial charge in [-0.1, -0.05) is 142 Å². The van der Waals surface area contributed by atoms with E-state index in [0.29, 0.717) is 135 Å². The highest BCUT2D eigenvalue weighted by Gasteiger charge is 2.37. The molecule has 4 aliphatic carbocycles. The van der Waals surface area contributed by atoms with E-state index < -0.39 is 6.10 Å². The van der Waals surface area contributed by atoms with Crippen molar-refractivity contribution < 1.29 is 44.2 Å². The van der Waals surface area contributed by atoms with E-state index in [-0.39, 0.29) is 18.3 Å². The van der Waals surface area contributed by atoms with Gasteiger partial charge in [-0.2, -0.15) is 11.8 Å². The molecule has 8 rings (SSSR count). The smallest absolute Gasteiger partial charge is 0.135 e. The van der Waals surface area contributed by atoms with Crippen LogP contribution in [0.3, 0.4) is 0 Å². The van der Waals surface area contributed by atoms with Crippen molar-refractivity contribution >= 4 is 17.5 Å². The second-order valence-electron chi connectivity index (χ2n) is 32.2. The number of likely N-dealkylation sites (tertiary alicyclic amines) is 3. The Morgan fingerprint density at radius 1 is 0.404 bits per heavy atom. The molecule has 4 N–H and O–H groups in total. The summed E-state index contributed by atoms with van der Waals surface area (Å²) in [6.07, 6.45) is 18.5. The van der Waals surface area contributed by atoms with Crippen LogP contribution in [-0.4, -0.2) is 211 Å². The van der Waals surface area contributed by atoms with Gasteiger partial charge in [0.25, 0.3) is 0 Å². The van der Waals surface area contributed by atoms with Crippen molar-refractivity contribution in [1.29, 1.82) is 0 Å². The van der Waals surface area contributed by atoms with Crippen LogP contribution in [0, 0.1) is 88.8 Å². The van der Waals surface area contributed by atoms with Crippen molar-refractivity contribution in [2.45, 2.75) is 255 Å². The van der Waals surface area contributed by atoms with E-state index in [1.807, 2.05) is 11.8 Å². The predicted octanol–water partition coefficient (Wildman–Crippen LogP) is 12.9. The summed E-state index contributed by atoms with van der Waals surface area (Å²) in [5.74, 6) is 12.9. The molecule has 0 aromatic carbocycles. The zero-order chi connectivity index (χ0) is 65.3. The van der Waals surface area contributed by atoms with Crippen molar-refractivity contribution in [2.24, 2.45) is 88.8 Å². The Morgan fingerprint density at radius 2 is 0.685 bits per heavy atom. The number of thioether (sulfide) groups is 1. The number of rotatable bonds is 24. The molecule has 18 atom stereocenters. The van der Waals surface area contributed by atoms with E-state index in [1.54, 1.807) is 0 Å². The highest BCUT2D eigenvalue weighted by molar-refractivity contribution is 7.99. The number of hydrogen-bond donors (Lipinski definition) is 4. The Hall–Kier alpha value is -0.720. The zero-order valence-electron chi connectivity index (χ0n) is 60.1. The number of β-amino-alcohol motifs (C(OH)–C–C–N with tert-alkyl or cyclic N) is 4. The largest absolute Gasteiger partial charge is 0.389 e. The topological polar surface area (TPSA) is 148 Å². The second kappa shape index (κ2) is 41.4. The molecule has 89 heavy (non-hydrogen) atoms. The minimum atomic E-state index is -0.446. The SMILES string of the molecule is C=C1C(C)CN(CC(O)COC2CC(C)CCC2C(C)C)CC1C.CC1CCC(C(C)C)C(OCC(O)CN2CCC(=O)CC2)C1.CC1CCC(C(C)C)C(OCC(O)CN2CCSCC2)C1.CC1CCN(CC(O)COC2CC(C)CCC2C(C)C)CC1. The fourth-order valence-corrected chi connectivity index (χ4v) is 17.3. The van der Waals surface area contributed by atoms with Crippen LogP contribution in [0.5, 0.6) is 0 Å². The summed E-state index contributed by atoms with van der Waals surface area (Å²) >= 11 is 2.01. The van der Waals surface area contributed by atoms with Crippen LogP contribution in [-0.2, 0) is 23.7 Å². The molecule has 13 nitrogen and oxygen atoms in total. The molecule has 0 spiro atoms. The van der Waals surface area contributed by atoms with Crippen LogP contribution in [0.2, 0.25) is 0 Å². The first-order valence-electron chi connectivity index (χ1n) is 37.1. The average molecular weight is 1280 g/mol. The van der Waals surface area contributed by atoms with Crippen LogP contribution in [0.1, 0.15) is 207 Å². The molecule has 4 aliphatic heterocycles. The first-order valence-corrected chi connectivity index (χ1v) is 38.3. The minimum absolute atomic E-state index is 0.293. The van der Waals surface area contributed by atoms with Gasteiger partial charge in [0.1, 0.15) is 5.78 Å². The fourth-order valence-electron chi connectivity index (χ4n) is 16.3. The maximum atomic E-state index is 11.2. The summed E-state index contributed by atoms with van der Waals surface area (Å²) in [6, 6.07) is 0. The van der Waals surface area contributed by atoms with E-state index in [9.17, 15) is 25.2 Å². The summed E-state index contributed by atoms with van der Waals surface area (Å²) < 4.78 is 24.6. The molecular weight excluding hydrogens is 1130 g/mol. The minimum Gasteiger partial charge on any atom is -0.389 e. The number of ether oxygens (including phenoxy) is 4. The zero-order valence-corrected chi connectivity index (χ0v) is 60.9. The Labute approximate surface area is 551 Å². The summed E-state index contributed by atoms with van der Waals surface area (Å²) in [5.41, 5.74) is 1.35. The van der Waals surface area contributed by atoms with Crippen molar-refractivity contribution in [2.75, 3.05) is 116 Å². The average Bonchev–Trinajstić information content (AvgIpc) is 3.58. The normalized spacial score (nSPS) is 34.1. The third-order valence-corrected chi connectivity index (χ3v) is 23.4. The molecule has 0 amide bonds. The maximum Gasteiger partial charge on any atom is 0.135 e. The fraction of sp³-hybridized carbons (Fsp3) is 0.960. The van der Waals surface area contributed by atoms with Gasteiger partial charge < -0.3 is 44.3 Å². The van der Waals surface area contributed by atoms with Gasteiger partial charge in [-0.25, -0.2) is 0 Å². The lowest BCUT2D eigenvalue weighted by Gasteiger charge is -2.39. The third-order valence-electron chi connectivity index (χ3n) is 22.5. The number of nitrogens with zero attached hydrogens (tertiary/aromatic N) is 4. The van der Waals surface area contributed by atoms with Crippen LogP contribution >= 0.6 is 11.8 Å². The highest BCUT2D eigenvalue weighted by atomic mass is 32.2. The molecule has 4 saturated carbocycles. The molecular formula is C75H142N4O9S. The molecule has 0 aromatic rings. The first kappa shape index (κ1) is 79.0. The number of aliphatic hydroxyl groups excluding tert-OH is 4. The molecule has 4 saturated heterocycles.